The summed E-state index contributed by atoms with van der Waals surface area (Å²) in [5, 5.41) is 9.12. The number of aromatic amines is 1. The molecule has 13 heteroatoms. The highest BCUT2D eigenvalue weighted by molar-refractivity contribution is 7.99. The van der Waals surface area contributed by atoms with Crippen molar-refractivity contribution in [3.63, 3.8) is 0 Å². The van der Waals surface area contributed by atoms with E-state index in [1.165, 1.54) is 41.2 Å². The summed E-state index contributed by atoms with van der Waals surface area (Å²) in [6, 6.07) is 4.30. The van der Waals surface area contributed by atoms with Crippen molar-refractivity contribution in [3.05, 3.63) is 28.7 Å². The summed E-state index contributed by atoms with van der Waals surface area (Å²) < 4.78 is 38.8. The van der Waals surface area contributed by atoms with Gasteiger partial charge in [0.25, 0.3) is 0 Å². The number of thioether (sulfide) groups is 1. The number of morpholine rings is 1. The van der Waals surface area contributed by atoms with Gasteiger partial charge in [0.05, 0.1) is 36.7 Å². The Kier molecular flexibility index (Phi) is 6.62. The van der Waals surface area contributed by atoms with E-state index in [1.807, 2.05) is 0 Å². The highest BCUT2D eigenvalue weighted by Gasteiger charge is 2.27. The summed E-state index contributed by atoms with van der Waals surface area (Å²) in [5.41, 5.74) is -0.140. The quantitative estimate of drug-likeness (QED) is 0.565. The first-order valence-electron chi connectivity index (χ1n) is 8.63. The molecule has 0 aliphatic carbocycles. The van der Waals surface area contributed by atoms with Crippen LogP contribution in [0.5, 0.6) is 5.75 Å². The molecule has 2 N–H and O–H groups in total. The number of methoxy groups -OCH3 is 1. The highest BCUT2D eigenvalue weighted by Crippen LogP contribution is 2.29. The molecule has 2 heterocycles. The predicted molar refractivity (Wildman–Crippen MR) is 106 cm³/mol. The zero-order chi connectivity index (χ0) is 21.0. The molecule has 29 heavy (non-hydrogen) atoms. The van der Waals surface area contributed by atoms with Crippen molar-refractivity contribution in [1.29, 1.82) is 0 Å². The number of hydrogen-bond acceptors (Lipinski definition) is 8. The maximum Gasteiger partial charge on any atom is 0.343 e. The van der Waals surface area contributed by atoms with E-state index in [2.05, 4.69) is 15.5 Å². The molecule has 0 spiro atoms. The minimum atomic E-state index is -3.71. The standard InChI is InChI=1S/C16H21N5O6S2/c1-20-15(23)18-19-16(20)28-10-14(22)17-12-9-11(3-4-13(12)26-2)29(24,25)21-5-7-27-8-6-21/h3-4,9H,5-8,10H2,1-2H3,(H,17,22)(H,18,23). The van der Waals surface area contributed by atoms with Gasteiger partial charge in [0.15, 0.2) is 5.16 Å². The first kappa shape index (κ1) is 21.4. The minimum Gasteiger partial charge on any atom is -0.495 e. The minimum absolute atomic E-state index is 0.0261. The number of rotatable bonds is 7. The van der Waals surface area contributed by atoms with Gasteiger partial charge in [0.2, 0.25) is 15.9 Å². The van der Waals surface area contributed by atoms with E-state index >= 15 is 0 Å². The molecule has 0 unspecified atom stereocenters. The van der Waals surface area contributed by atoms with Crippen LogP contribution in [-0.4, -0.2) is 72.6 Å². The van der Waals surface area contributed by atoms with Crippen LogP contribution in [0.3, 0.4) is 0 Å². The Hall–Kier alpha value is -2.35. The van der Waals surface area contributed by atoms with Crippen LogP contribution in [0.2, 0.25) is 0 Å². The fourth-order valence-electron chi connectivity index (χ4n) is 2.66. The van der Waals surface area contributed by atoms with Gasteiger partial charge in [-0.2, -0.15) is 4.31 Å². The molecular formula is C16H21N5O6S2. The largest absolute Gasteiger partial charge is 0.495 e. The predicted octanol–water partition coefficient (Wildman–Crippen LogP) is -0.131. The number of benzene rings is 1. The Morgan fingerprint density at radius 3 is 2.72 bits per heavy atom. The van der Waals surface area contributed by atoms with Crippen molar-refractivity contribution in [2.24, 2.45) is 7.05 Å². The Morgan fingerprint density at radius 1 is 1.38 bits per heavy atom. The van der Waals surface area contributed by atoms with Crippen LogP contribution in [0.4, 0.5) is 5.69 Å². The second-order valence-electron chi connectivity index (χ2n) is 6.09. The van der Waals surface area contributed by atoms with Gasteiger partial charge in [0, 0.05) is 20.1 Å². The summed E-state index contributed by atoms with van der Waals surface area (Å²) in [4.78, 5) is 23.8. The lowest BCUT2D eigenvalue weighted by Gasteiger charge is -2.26. The van der Waals surface area contributed by atoms with Crippen molar-refractivity contribution in [1.82, 2.24) is 19.1 Å². The number of ether oxygens (including phenoxy) is 2. The number of amides is 1. The van der Waals surface area contributed by atoms with Gasteiger partial charge >= 0.3 is 5.69 Å². The van der Waals surface area contributed by atoms with Crippen molar-refractivity contribution in [2.75, 3.05) is 44.5 Å². The molecular weight excluding hydrogens is 422 g/mol. The van der Waals surface area contributed by atoms with Crippen molar-refractivity contribution in [3.8, 4) is 5.75 Å². The van der Waals surface area contributed by atoms with E-state index in [9.17, 15) is 18.0 Å². The van der Waals surface area contributed by atoms with Crippen LogP contribution in [0.1, 0.15) is 0 Å². The molecule has 3 rings (SSSR count). The third-order valence-corrected chi connectivity index (χ3v) is 7.15. The van der Waals surface area contributed by atoms with Gasteiger partial charge in [-0.1, -0.05) is 11.8 Å². The third kappa shape index (κ3) is 4.80. The first-order chi connectivity index (χ1) is 13.8. The molecule has 0 saturated carbocycles. The smallest absolute Gasteiger partial charge is 0.343 e. The van der Waals surface area contributed by atoms with E-state index in [0.717, 1.165) is 11.8 Å². The Labute approximate surface area is 171 Å². The summed E-state index contributed by atoms with van der Waals surface area (Å²) in [6.45, 7) is 1.22. The van der Waals surface area contributed by atoms with Gasteiger partial charge in [0.1, 0.15) is 5.75 Å². The molecule has 0 bridgehead atoms. The van der Waals surface area contributed by atoms with Gasteiger partial charge in [-0.05, 0) is 18.2 Å². The van der Waals surface area contributed by atoms with E-state index in [1.54, 1.807) is 0 Å². The van der Waals surface area contributed by atoms with Crippen molar-refractivity contribution in [2.45, 2.75) is 10.1 Å². The molecule has 0 radical (unpaired) electrons. The molecule has 1 aliphatic rings. The molecule has 1 amide bonds. The number of carbonyl (C=O) groups excluding carboxylic acids is 1. The molecule has 1 aromatic carbocycles. The van der Waals surface area contributed by atoms with Gasteiger partial charge in [-0.3, -0.25) is 9.36 Å². The van der Waals surface area contributed by atoms with E-state index in [0.29, 0.717) is 24.1 Å². The number of aromatic nitrogens is 3. The lowest BCUT2D eigenvalue weighted by molar-refractivity contribution is -0.113. The van der Waals surface area contributed by atoms with E-state index in [-0.39, 0.29) is 35.1 Å². The number of carbonyl (C=O) groups is 1. The molecule has 1 saturated heterocycles. The van der Waals surface area contributed by atoms with Crippen LogP contribution in [0.25, 0.3) is 0 Å². The van der Waals surface area contributed by atoms with Crippen LogP contribution >= 0.6 is 11.8 Å². The molecule has 158 valence electrons. The van der Waals surface area contributed by atoms with Crippen LogP contribution < -0.4 is 15.7 Å². The second kappa shape index (κ2) is 8.98. The topological polar surface area (TPSA) is 136 Å². The number of hydrogen-bond donors (Lipinski definition) is 2. The first-order valence-corrected chi connectivity index (χ1v) is 11.1. The van der Waals surface area contributed by atoms with E-state index < -0.39 is 15.9 Å². The number of sulfonamides is 1. The zero-order valence-corrected chi connectivity index (χ0v) is 17.5. The number of anilines is 1. The van der Waals surface area contributed by atoms with E-state index in [4.69, 9.17) is 9.47 Å². The number of nitrogens with zero attached hydrogens (tertiary/aromatic N) is 3. The van der Waals surface area contributed by atoms with Crippen LogP contribution in [-0.2, 0) is 26.6 Å². The number of H-pyrrole nitrogens is 1. The summed E-state index contributed by atoms with van der Waals surface area (Å²) >= 11 is 1.07. The average molecular weight is 444 g/mol. The Bertz CT molecular complexity index is 1040. The molecule has 2 aromatic rings. The molecule has 11 nitrogen and oxygen atoms in total. The lowest BCUT2D eigenvalue weighted by Crippen LogP contribution is -2.40. The zero-order valence-electron chi connectivity index (χ0n) is 15.9. The normalized spacial score (nSPS) is 15.2. The van der Waals surface area contributed by atoms with Gasteiger partial charge in [-0.15, -0.1) is 5.10 Å². The molecule has 0 atom stereocenters. The Morgan fingerprint density at radius 2 is 2.10 bits per heavy atom. The average Bonchev–Trinajstić information content (AvgIpc) is 3.05. The third-order valence-electron chi connectivity index (χ3n) is 4.22. The lowest BCUT2D eigenvalue weighted by atomic mass is 10.3. The fourth-order valence-corrected chi connectivity index (χ4v) is 4.81. The maximum atomic E-state index is 12.8. The molecule has 1 aliphatic heterocycles. The number of nitrogens with one attached hydrogen (secondary N) is 2. The van der Waals surface area contributed by atoms with Gasteiger partial charge < -0.3 is 14.8 Å². The fraction of sp³-hybridized carbons (Fsp3) is 0.438. The SMILES string of the molecule is COc1ccc(S(=O)(=O)N2CCOCC2)cc1NC(=O)CSc1n[nH]c(=O)n1C. The molecule has 1 fully saturated rings. The maximum absolute atomic E-state index is 12.8. The van der Waals surface area contributed by atoms with Gasteiger partial charge in [-0.25, -0.2) is 18.3 Å². The Balaban J connectivity index is 1.75. The highest BCUT2D eigenvalue weighted by atomic mass is 32.2. The summed E-state index contributed by atoms with van der Waals surface area (Å²) in [6.07, 6.45) is 0. The van der Waals surface area contributed by atoms with Crippen LogP contribution in [0, 0.1) is 0 Å². The van der Waals surface area contributed by atoms with Crippen molar-refractivity contribution >= 4 is 33.4 Å². The summed E-state index contributed by atoms with van der Waals surface area (Å²) in [7, 11) is -0.752. The molecule has 1 aromatic heterocycles. The van der Waals surface area contributed by atoms with Crippen LogP contribution in [0.15, 0.2) is 33.0 Å². The monoisotopic (exact) mass is 443 g/mol. The second-order valence-corrected chi connectivity index (χ2v) is 8.97. The summed E-state index contributed by atoms with van der Waals surface area (Å²) in [5.74, 6) is -0.0945. The van der Waals surface area contributed by atoms with Crippen molar-refractivity contribution < 1.29 is 22.7 Å².